The third-order valence-corrected chi connectivity index (χ3v) is 6.46. The summed E-state index contributed by atoms with van der Waals surface area (Å²) in [7, 11) is -3.94. The maximum atomic E-state index is 13.0. The van der Waals surface area contributed by atoms with Gasteiger partial charge in [0.05, 0.1) is 22.6 Å². The number of piperidine rings is 1. The Balaban J connectivity index is 1.63. The van der Waals surface area contributed by atoms with Crippen LogP contribution in [0, 0.1) is 30.0 Å². The summed E-state index contributed by atoms with van der Waals surface area (Å²) in [6.07, 6.45) is 0.675. The van der Waals surface area contributed by atoms with Crippen molar-refractivity contribution in [3.05, 3.63) is 58.5 Å². The molecule has 1 aromatic heterocycles. The first kappa shape index (κ1) is 23.1. The zero-order chi connectivity index (χ0) is 23.5. The number of anilines is 1. The second kappa shape index (κ2) is 9.32. The molecular formula is C21H21FN4O5S. The predicted octanol–water partition coefficient (Wildman–Crippen LogP) is 1.96. The third-order valence-electron chi connectivity index (χ3n) is 5.24. The topological polar surface area (TPSA) is 140 Å². The minimum atomic E-state index is -3.94. The van der Waals surface area contributed by atoms with Gasteiger partial charge in [-0.05, 0) is 43.5 Å². The van der Waals surface area contributed by atoms with Crippen LogP contribution in [0.2, 0.25) is 0 Å². The molecular weight excluding hydrogens is 439 g/mol. The van der Waals surface area contributed by atoms with E-state index in [1.807, 2.05) is 6.07 Å². The van der Waals surface area contributed by atoms with Gasteiger partial charge in [-0.25, -0.2) is 22.6 Å². The molecule has 1 fully saturated rings. The number of nitrogens with zero attached hydrogens (tertiary/aromatic N) is 3. The molecule has 0 spiro atoms. The van der Waals surface area contributed by atoms with Gasteiger partial charge >= 0.3 is 5.97 Å². The number of aromatic carboxylic acids is 1. The highest BCUT2D eigenvalue weighted by Gasteiger charge is 2.29. The van der Waals surface area contributed by atoms with Gasteiger partial charge in [-0.3, -0.25) is 9.52 Å². The highest BCUT2D eigenvalue weighted by molar-refractivity contribution is 7.89. The number of pyridine rings is 1. The van der Waals surface area contributed by atoms with E-state index < -0.39 is 39.4 Å². The zero-order valence-corrected chi connectivity index (χ0v) is 18.0. The van der Waals surface area contributed by atoms with Crippen LogP contribution in [-0.4, -0.2) is 43.5 Å². The largest absolute Gasteiger partial charge is 0.478 e. The number of hydrogen-bond acceptors (Lipinski definition) is 7. The average molecular weight is 460 g/mol. The molecule has 11 heteroatoms. The number of carboxylic acid groups (broad SMARTS) is 1. The van der Waals surface area contributed by atoms with Gasteiger partial charge in [-0.15, -0.1) is 0 Å². The Kier molecular flexibility index (Phi) is 6.74. The van der Waals surface area contributed by atoms with Gasteiger partial charge in [0.1, 0.15) is 17.7 Å². The summed E-state index contributed by atoms with van der Waals surface area (Å²) in [4.78, 5) is 29.8. The first-order chi connectivity index (χ1) is 15.1. The number of sulfonamides is 1. The molecule has 1 aromatic carbocycles. The summed E-state index contributed by atoms with van der Waals surface area (Å²) in [5.74, 6) is -2.91. The van der Waals surface area contributed by atoms with Gasteiger partial charge in [-0.1, -0.05) is 12.1 Å². The molecule has 1 aliphatic heterocycles. The molecule has 1 aliphatic rings. The van der Waals surface area contributed by atoms with Crippen molar-refractivity contribution in [1.29, 1.82) is 5.26 Å². The van der Waals surface area contributed by atoms with E-state index in [2.05, 4.69) is 9.71 Å². The lowest BCUT2D eigenvalue weighted by atomic mass is 9.96. The number of hydrogen-bond donors (Lipinski definition) is 2. The number of benzene rings is 1. The van der Waals surface area contributed by atoms with Gasteiger partial charge in [0.15, 0.2) is 0 Å². The first-order valence-corrected chi connectivity index (χ1v) is 11.4. The number of rotatable bonds is 6. The van der Waals surface area contributed by atoms with Gasteiger partial charge in [0, 0.05) is 19.0 Å². The van der Waals surface area contributed by atoms with E-state index in [4.69, 9.17) is 0 Å². The van der Waals surface area contributed by atoms with E-state index in [9.17, 15) is 32.8 Å². The van der Waals surface area contributed by atoms with Crippen molar-refractivity contribution in [2.24, 2.45) is 5.92 Å². The Hall–Kier alpha value is -3.52. The minimum Gasteiger partial charge on any atom is -0.478 e. The van der Waals surface area contributed by atoms with Crippen LogP contribution in [0.5, 0.6) is 0 Å². The maximum Gasteiger partial charge on any atom is 0.337 e. The molecule has 32 heavy (non-hydrogen) atoms. The molecule has 2 aromatic rings. The summed E-state index contributed by atoms with van der Waals surface area (Å²) in [5.41, 5.74) is 0.707. The summed E-state index contributed by atoms with van der Waals surface area (Å²) in [6.45, 7) is 2.24. The second-order valence-electron chi connectivity index (χ2n) is 7.52. The Labute approximate surface area is 184 Å². The number of carbonyl (C=O) groups excluding carboxylic acids is 1. The van der Waals surface area contributed by atoms with Crippen LogP contribution in [0.25, 0.3) is 0 Å². The van der Waals surface area contributed by atoms with Crippen LogP contribution in [-0.2, 0) is 20.6 Å². The van der Waals surface area contributed by atoms with Gasteiger partial charge < -0.3 is 10.0 Å². The number of carboxylic acids is 1. The van der Waals surface area contributed by atoms with E-state index in [-0.39, 0.29) is 16.8 Å². The fourth-order valence-corrected chi connectivity index (χ4v) is 4.74. The van der Waals surface area contributed by atoms with Gasteiger partial charge in [0.2, 0.25) is 15.9 Å². The molecule has 168 valence electrons. The minimum absolute atomic E-state index is 0.0501. The van der Waals surface area contributed by atoms with E-state index in [0.717, 1.165) is 12.1 Å². The SMILES string of the molecule is Cc1nc(N2CCC(C(=O)NS(=O)(=O)Cc3ccc(F)cc3)CC2)c(C#N)cc1C(=O)O. The van der Waals surface area contributed by atoms with Gasteiger partial charge in [0.25, 0.3) is 0 Å². The molecule has 0 bridgehead atoms. The highest BCUT2D eigenvalue weighted by Crippen LogP contribution is 2.26. The lowest BCUT2D eigenvalue weighted by Gasteiger charge is -2.32. The first-order valence-electron chi connectivity index (χ1n) is 9.78. The normalized spacial score (nSPS) is 14.6. The van der Waals surface area contributed by atoms with Crippen LogP contribution < -0.4 is 9.62 Å². The predicted molar refractivity (Wildman–Crippen MR) is 113 cm³/mol. The maximum absolute atomic E-state index is 13.0. The van der Waals surface area contributed by atoms with Crippen molar-refractivity contribution >= 4 is 27.7 Å². The molecule has 1 amide bonds. The Bertz CT molecular complexity index is 1180. The Morgan fingerprint density at radius 3 is 2.47 bits per heavy atom. The molecule has 0 atom stereocenters. The number of nitrogens with one attached hydrogen (secondary N) is 1. The van der Waals surface area contributed by atoms with E-state index in [1.165, 1.54) is 18.2 Å². The molecule has 2 N–H and O–H groups in total. The van der Waals surface area contributed by atoms with Crippen LogP contribution in [0.15, 0.2) is 30.3 Å². The van der Waals surface area contributed by atoms with Crippen molar-refractivity contribution in [3.8, 4) is 6.07 Å². The van der Waals surface area contributed by atoms with Crippen LogP contribution >= 0.6 is 0 Å². The van der Waals surface area contributed by atoms with E-state index >= 15 is 0 Å². The number of carbonyl (C=O) groups is 2. The molecule has 0 aliphatic carbocycles. The Morgan fingerprint density at radius 2 is 1.91 bits per heavy atom. The fourth-order valence-electron chi connectivity index (χ4n) is 3.56. The van der Waals surface area contributed by atoms with Crippen molar-refractivity contribution < 1.29 is 27.5 Å². The standard InChI is InChI=1S/C21H21FN4O5S/c1-13-18(21(28)29)10-16(11-23)19(24-13)26-8-6-15(7-9-26)20(27)25-32(30,31)12-14-2-4-17(22)5-3-14/h2-5,10,15H,6-9,12H2,1H3,(H,25,27)(H,28,29). The average Bonchev–Trinajstić information content (AvgIpc) is 2.74. The highest BCUT2D eigenvalue weighted by atomic mass is 32.2. The summed E-state index contributed by atoms with van der Waals surface area (Å²) in [6, 6.07) is 8.22. The van der Waals surface area contributed by atoms with Crippen LogP contribution in [0.1, 0.15) is 40.0 Å². The van der Waals surface area contributed by atoms with Crippen molar-refractivity contribution in [1.82, 2.24) is 9.71 Å². The Morgan fingerprint density at radius 1 is 1.28 bits per heavy atom. The number of amides is 1. The molecule has 0 unspecified atom stereocenters. The number of halogens is 1. The molecule has 0 radical (unpaired) electrons. The third kappa shape index (κ3) is 5.39. The van der Waals surface area contributed by atoms with Crippen LogP contribution in [0.4, 0.5) is 10.2 Å². The lowest BCUT2D eigenvalue weighted by Crippen LogP contribution is -2.43. The number of aromatic nitrogens is 1. The molecule has 3 rings (SSSR count). The van der Waals surface area contributed by atoms with Crippen molar-refractivity contribution in [3.63, 3.8) is 0 Å². The molecule has 0 saturated carbocycles. The quantitative estimate of drug-likeness (QED) is 0.667. The summed E-state index contributed by atoms with van der Waals surface area (Å²) >= 11 is 0. The molecule has 1 saturated heterocycles. The fraction of sp³-hybridized carbons (Fsp3) is 0.333. The van der Waals surface area contributed by atoms with Crippen molar-refractivity contribution in [2.45, 2.75) is 25.5 Å². The van der Waals surface area contributed by atoms with E-state index in [0.29, 0.717) is 37.3 Å². The zero-order valence-electron chi connectivity index (χ0n) is 17.2. The second-order valence-corrected chi connectivity index (χ2v) is 9.24. The lowest BCUT2D eigenvalue weighted by molar-refractivity contribution is -0.123. The summed E-state index contributed by atoms with van der Waals surface area (Å²) in [5, 5.41) is 18.6. The smallest absolute Gasteiger partial charge is 0.337 e. The molecule has 9 nitrogen and oxygen atoms in total. The van der Waals surface area contributed by atoms with Crippen LogP contribution in [0.3, 0.4) is 0 Å². The monoisotopic (exact) mass is 460 g/mol. The van der Waals surface area contributed by atoms with Crippen molar-refractivity contribution in [2.75, 3.05) is 18.0 Å². The molecule has 2 heterocycles. The number of nitriles is 1. The van der Waals surface area contributed by atoms with E-state index in [1.54, 1.807) is 11.8 Å². The van der Waals surface area contributed by atoms with Gasteiger partial charge in [-0.2, -0.15) is 5.26 Å². The number of aryl methyl sites for hydroxylation is 1. The summed E-state index contributed by atoms with van der Waals surface area (Å²) < 4.78 is 39.7.